The number of carboxylic acid groups (broad SMARTS) is 1. The lowest BCUT2D eigenvalue weighted by molar-refractivity contribution is 0.122. The summed E-state index contributed by atoms with van der Waals surface area (Å²) in [6.45, 7) is 10.6. The number of nitrogens with one attached hydrogen (secondary N) is 1. The smallest absolute Gasteiger partial charge is 0.435 e. The first-order chi connectivity index (χ1) is 18.2. The Kier molecular flexibility index (Phi) is 5.59. The van der Waals surface area contributed by atoms with Gasteiger partial charge in [0.2, 0.25) is 0 Å². The molecular weight excluding hydrogens is 480 g/mol. The minimum absolute atomic E-state index is 0.327. The van der Waals surface area contributed by atoms with Crippen molar-refractivity contribution < 1.29 is 14.6 Å². The fourth-order valence-corrected chi connectivity index (χ4v) is 5.83. The molecule has 0 spiro atoms. The lowest BCUT2D eigenvalue weighted by atomic mass is 9.95. The number of hydrogen-bond donors (Lipinski definition) is 2. The third-order valence-electron chi connectivity index (χ3n) is 7.57. The Morgan fingerprint density at radius 2 is 1.89 bits per heavy atom. The van der Waals surface area contributed by atoms with Crippen LogP contribution in [0.3, 0.4) is 0 Å². The molecule has 0 saturated carbocycles. The number of ether oxygens (including phenoxy) is 1. The molecule has 1 unspecified atom stereocenters. The number of carbonyl (C=O) groups is 1. The molecule has 5 heterocycles. The van der Waals surface area contributed by atoms with Gasteiger partial charge in [0.25, 0.3) is 0 Å². The summed E-state index contributed by atoms with van der Waals surface area (Å²) in [5.74, 6) is 0.773. The number of benzene rings is 1. The van der Waals surface area contributed by atoms with Gasteiger partial charge in [0.15, 0.2) is 11.4 Å². The zero-order chi connectivity index (χ0) is 26.7. The van der Waals surface area contributed by atoms with Gasteiger partial charge in [-0.25, -0.2) is 4.98 Å². The van der Waals surface area contributed by atoms with E-state index in [9.17, 15) is 9.90 Å². The third kappa shape index (κ3) is 3.53. The summed E-state index contributed by atoms with van der Waals surface area (Å²) in [7, 11) is 0. The van der Waals surface area contributed by atoms with Crippen molar-refractivity contribution in [1.29, 1.82) is 0 Å². The number of quaternary nitrogens is 1. The van der Waals surface area contributed by atoms with Crippen LogP contribution in [0.15, 0.2) is 48.8 Å². The molecule has 2 aliphatic rings. The van der Waals surface area contributed by atoms with Crippen molar-refractivity contribution in [1.82, 2.24) is 24.6 Å². The van der Waals surface area contributed by atoms with E-state index in [1.807, 2.05) is 64.1 Å². The molecule has 1 saturated heterocycles. The van der Waals surface area contributed by atoms with E-state index in [4.69, 9.17) is 9.72 Å². The van der Waals surface area contributed by atoms with E-state index in [0.717, 1.165) is 39.3 Å². The van der Waals surface area contributed by atoms with E-state index < -0.39 is 11.6 Å². The van der Waals surface area contributed by atoms with E-state index in [0.29, 0.717) is 43.2 Å². The van der Waals surface area contributed by atoms with Crippen LogP contribution in [0.25, 0.3) is 34.1 Å². The zero-order valence-corrected chi connectivity index (χ0v) is 22.0. The second kappa shape index (κ2) is 8.75. The van der Waals surface area contributed by atoms with Crippen molar-refractivity contribution in [3.8, 4) is 11.4 Å². The number of aromatic nitrogens is 4. The SMILES string of the molecule is Cc1ccc2c(c1)C=C(c1cc(N3CCOCC3)nc3c(-c4ccn[nH]4)nccc13)[N+]2(C(=O)O)C(C)(C)C. The topological polar surface area (TPSA) is 104 Å². The maximum Gasteiger partial charge on any atom is 0.524 e. The number of amides is 1. The molecule has 9 heteroatoms. The molecule has 2 aliphatic heterocycles. The molecule has 9 nitrogen and oxygen atoms in total. The third-order valence-corrected chi connectivity index (χ3v) is 7.57. The second-order valence-electron chi connectivity index (χ2n) is 10.9. The van der Waals surface area contributed by atoms with Crippen LogP contribution in [-0.4, -0.2) is 63.2 Å². The molecule has 4 aromatic rings. The van der Waals surface area contributed by atoms with Crippen molar-refractivity contribution in [2.24, 2.45) is 0 Å². The van der Waals surface area contributed by atoms with Gasteiger partial charge in [-0.1, -0.05) is 11.6 Å². The predicted octanol–water partition coefficient (Wildman–Crippen LogP) is 5.46. The van der Waals surface area contributed by atoms with Crippen LogP contribution >= 0.6 is 0 Å². The van der Waals surface area contributed by atoms with E-state index >= 15 is 0 Å². The summed E-state index contributed by atoms with van der Waals surface area (Å²) in [4.78, 5) is 25.4. The summed E-state index contributed by atoms with van der Waals surface area (Å²) >= 11 is 0. The molecule has 3 aromatic heterocycles. The highest BCUT2D eigenvalue weighted by molar-refractivity contribution is 6.13. The summed E-state index contributed by atoms with van der Waals surface area (Å²) < 4.78 is 5.27. The number of H-pyrrole nitrogens is 1. The number of aromatic amines is 1. The normalized spacial score (nSPS) is 19.5. The number of pyridine rings is 2. The van der Waals surface area contributed by atoms with Crippen molar-refractivity contribution in [3.63, 3.8) is 0 Å². The quantitative estimate of drug-likeness (QED) is 0.352. The Morgan fingerprint density at radius 1 is 1.11 bits per heavy atom. The fraction of sp³-hybridized carbons (Fsp3) is 0.310. The zero-order valence-electron chi connectivity index (χ0n) is 22.0. The Bertz CT molecular complexity index is 1580. The molecule has 2 N–H and O–H groups in total. The lowest BCUT2D eigenvalue weighted by Gasteiger charge is -2.42. The first-order valence-electron chi connectivity index (χ1n) is 12.8. The molecular formula is C29H31N6O3+. The lowest BCUT2D eigenvalue weighted by Crippen LogP contribution is -2.62. The fourth-order valence-electron chi connectivity index (χ4n) is 5.83. The molecule has 1 aromatic carbocycles. The van der Waals surface area contributed by atoms with Gasteiger partial charge < -0.3 is 14.7 Å². The van der Waals surface area contributed by atoms with Gasteiger partial charge in [-0.3, -0.25) is 10.1 Å². The Morgan fingerprint density at radius 3 is 2.58 bits per heavy atom. The molecule has 0 aliphatic carbocycles. The monoisotopic (exact) mass is 511 g/mol. The standard InChI is InChI=1S/C29H30N6O3/c1-18-5-6-23-19(15-18)16-24(35(23,28(36)37)29(2,3)4)21-17-25(34-11-13-38-14-12-34)32-26-20(21)7-9-30-27(26)22-8-10-31-33-22/h5-10,15-17H,11-14H2,1-4H3,(H-,30,31,33,36,37)/p+1. The molecule has 1 atom stereocenters. The molecule has 1 amide bonds. The number of rotatable bonds is 3. The van der Waals surface area contributed by atoms with Gasteiger partial charge in [-0.15, -0.1) is 0 Å². The van der Waals surface area contributed by atoms with Crippen molar-refractivity contribution in [2.75, 3.05) is 31.2 Å². The van der Waals surface area contributed by atoms with Gasteiger partial charge in [0.05, 0.1) is 18.9 Å². The molecule has 1 fully saturated rings. The number of morpholine rings is 1. The molecule has 194 valence electrons. The number of anilines is 1. The molecule has 0 bridgehead atoms. The number of fused-ring (bicyclic) bond motifs is 2. The van der Waals surface area contributed by atoms with E-state index in [1.165, 1.54) is 0 Å². The summed E-state index contributed by atoms with van der Waals surface area (Å²) in [6, 6.07) is 11.8. The van der Waals surface area contributed by atoms with Crippen molar-refractivity contribution in [3.05, 3.63) is 65.5 Å². The van der Waals surface area contributed by atoms with Crippen LogP contribution in [0.2, 0.25) is 0 Å². The van der Waals surface area contributed by atoms with Crippen LogP contribution in [0, 0.1) is 6.92 Å². The molecule has 0 radical (unpaired) electrons. The van der Waals surface area contributed by atoms with Crippen LogP contribution in [-0.2, 0) is 4.74 Å². The molecule has 6 rings (SSSR count). The van der Waals surface area contributed by atoms with Crippen molar-refractivity contribution in [2.45, 2.75) is 33.2 Å². The minimum atomic E-state index is -0.924. The average Bonchev–Trinajstić information content (AvgIpc) is 3.54. The van der Waals surface area contributed by atoms with Crippen LogP contribution in [0.5, 0.6) is 0 Å². The minimum Gasteiger partial charge on any atom is -0.435 e. The summed E-state index contributed by atoms with van der Waals surface area (Å²) in [5.41, 5.74) is 5.71. The number of aryl methyl sites for hydroxylation is 1. The molecule has 38 heavy (non-hydrogen) atoms. The van der Waals surface area contributed by atoms with Gasteiger partial charge in [-0.2, -0.15) is 14.4 Å². The Hall–Kier alpha value is -4.08. The first-order valence-corrected chi connectivity index (χ1v) is 12.8. The van der Waals surface area contributed by atoms with Crippen LogP contribution in [0.4, 0.5) is 16.3 Å². The summed E-state index contributed by atoms with van der Waals surface area (Å²) in [6.07, 6.45) is 4.55. The van der Waals surface area contributed by atoms with Gasteiger partial charge >= 0.3 is 6.09 Å². The Labute approximate surface area is 221 Å². The Balaban J connectivity index is 1.70. The highest BCUT2D eigenvalue weighted by Gasteiger charge is 2.58. The maximum atomic E-state index is 13.4. The van der Waals surface area contributed by atoms with E-state index in [-0.39, 0.29) is 4.48 Å². The average molecular weight is 512 g/mol. The van der Waals surface area contributed by atoms with E-state index in [2.05, 4.69) is 26.1 Å². The largest absolute Gasteiger partial charge is 0.524 e. The van der Waals surface area contributed by atoms with Crippen LogP contribution in [0.1, 0.15) is 37.5 Å². The van der Waals surface area contributed by atoms with Gasteiger partial charge in [0, 0.05) is 54.1 Å². The first kappa shape index (κ1) is 24.3. The van der Waals surface area contributed by atoms with Gasteiger partial charge in [-0.05, 0) is 52.0 Å². The highest BCUT2D eigenvalue weighted by atomic mass is 16.5. The van der Waals surface area contributed by atoms with Crippen molar-refractivity contribution >= 4 is 40.3 Å². The highest BCUT2D eigenvalue weighted by Crippen LogP contribution is 2.52. The second-order valence-corrected chi connectivity index (χ2v) is 10.9. The van der Waals surface area contributed by atoms with Crippen LogP contribution < -0.4 is 9.38 Å². The van der Waals surface area contributed by atoms with Gasteiger partial charge in [0.1, 0.15) is 22.6 Å². The number of hydrogen-bond acceptors (Lipinski definition) is 6. The number of nitrogens with zero attached hydrogens (tertiary/aromatic N) is 5. The van der Waals surface area contributed by atoms with E-state index in [1.54, 1.807) is 12.4 Å². The predicted molar refractivity (Wildman–Crippen MR) is 149 cm³/mol. The summed E-state index contributed by atoms with van der Waals surface area (Å²) in [5, 5.41) is 19.0. The maximum absolute atomic E-state index is 13.4.